The van der Waals surface area contributed by atoms with E-state index < -0.39 is 17.8 Å². The first-order chi connectivity index (χ1) is 6.95. The Morgan fingerprint density at radius 3 is 2.53 bits per heavy atom. The highest BCUT2D eigenvalue weighted by molar-refractivity contribution is 5.93. The van der Waals surface area contributed by atoms with Crippen LogP contribution in [0.2, 0.25) is 0 Å². The second-order valence-corrected chi connectivity index (χ2v) is 2.57. The van der Waals surface area contributed by atoms with E-state index in [2.05, 4.69) is 9.82 Å². The number of pyridine rings is 1. The summed E-state index contributed by atoms with van der Waals surface area (Å²) in [6, 6.07) is 1.74. The lowest BCUT2D eigenvalue weighted by Gasteiger charge is -2.06. The second kappa shape index (κ2) is 4.26. The van der Waals surface area contributed by atoms with Crippen LogP contribution in [0.4, 0.5) is 13.2 Å². The Hall–Kier alpha value is -1.63. The van der Waals surface area contributed by atoms with Crippen molar-refractivity contribution in [2.75, 3.05) is 7.11 Å². The van der Waals surface area contributed by atoms with Crippen LogP contribution in [0, 0.1) is 0 Å². The minimum absolute atomic E-state index is 0.00940. The molecule has 4 nitrogen and oxygen atoms in total. The van der Waals surface area contributed by atoms with Crippen LogP contribution in [0.1, 0.15) is 16.1 Å². The summed E-state index contributed by atoms with van der Waals surface area (Å²) in [6.45, 7) is 0. The highest BCUT2D eigenvalue weighted by atomic mass is 19.4. The SMILES string of the molecule is CONC(=O)c1ccc(C(F)(F)F)nc1. The topological polar surface area (TPSA) is 51.2 Å². The number of nitrogens with one attached hydrogen (secondary N) is 1. The van der Waals surface area contributed by atoms with Gasteiger partial charge in [-0.05, 0) is 12.1 Å². The molecular weight excluding hydrogens is 213 g/mol. The Kier molecular flexibility index (Phi) is 3.25. The molecule has 0 spiro atoms. The van der Waals surface area contributed by atoms with Crippen LogP contribution >= 0.6 is 0 Å². The number of hydrogen-bond acceptors (Lipinski definition) is 3. The molecule has 0 radical (unpaired) electrons. The molecule has 0 aromatic carbocycles. The molecule has 82 valence electrons. The normalized spacial score (nSPS) is 11.2. The van der Waals surface area contributed by atoms with Crippen LogP contribution in [0.3, 0.4) is 0 Å². The first kappa shape index (κ1) is 11.4. The van der Waals surface area contributed by atoms with Crippen LogP contribution in [0.5, 0.6) is 0 Å². The lowest BCUT2D eigenvalue weighted by Crippen LogP contribution is -2.22. The highest BCUT2D eigenvalue weighted by Crippen LogP contribution is 2.27. The fourth-order valence-corrected chi connectivity index (χ4v) is 0.847. The van der Waals surface area contributed by atoms with Gasteiger partial charge in [0.15, 0.2) is 0 Å². The molecule has 0 aliphatic rings. The van der Waals surface area contributed by atoms with E-state index in [1.54, 1.807) is 0 Å². The Labute approximate surface area is 83.0 Å². The molecule has 1 aromatic rings. The van der Waals surface area contributed by atoms with Crippen molar-refractivity contribution in [1.82, 2.24) is 10.5 Å². The number of amides is 1. The first-order valence-corrected chi connectivity index (χ1v) is 3.81. The van der Waals surface area contributed by atoms with Gasteiger partial charge in [-0.25, -0.2) is 5.48 Å². The monoisotopic (exact) mass is 220 g/mol. The van der Waals surface area contributed by atoms with Crippen molar-refractivity contribution >= 4 is 5.91 Å². The van der Waals surface area contributed by atoms with Crippen molar-refractivity contribution < 1.29 is 22.8 Å². The molecule has 7 heteroatoms. The molecule has 1 rings (SSSR count). The van der Waals surface area contributed by atoms with Gasteiger partial charge in [-0.1, -0.05) is 0 Å². The van der Waals surface area contributed by atoms with Gasteiger partial charge in [0, 0.05) is 6.20 Å². The van der Waals surface area contributed by atoms with Crippen molar-refractivity contribution in [3.05, 3.63) is 29.6 Å². The molecule has 0 bridgehead atoms. The number of carbonyl (C=O) groups excluding carboxylic acids is 1. The van der Waals surface area contributed by atoms with E-state index in [0.717, 1.165) is 18.3 Å². The van der Waals surface area contributed by atoms with E-state index in [1.807, 2.05) is 5.48 Å². The molecule has 0 aliphatic heterocycles. The van der Waals surface area contributed by atoms with Crippen molar-refractivity contribution in [1.29, 1.82) is 0 Å². The van der Waals surface area contributed by atoms with E-state index in [1.165, 1.54) is 7.11 Å². The number of hydrogen-bond donors (Lipinski definition) is 1. The summed E-state index contributed by atoms with van der Waals surface area (Å²) in [6.07, 6.45) is -3.67. The van der Waals surface area contributed by atoms with Crippen molar-refractivity contribution in [2.24, 2.45) is 0 Å². The van der Waals surface area contributed by atoms with Gasteiger partial charge in [-0.3, -0.25) is 14.6 Å². The second-order valence-electron chi connectivity index (χ2n) is 2.57. The molecule has 0 saturated heterocycles. The van der Waals surface area contributed by atoms with Crippen LogP contribution in [-0.4, -0.2) is 18.0 Å². The minimum atomic E-state index is -4.50. The maximum atomic E-state index is 12.1. The molecule has 0 fully saturated rings. The third kappa shape index (κ3) is 2.91. The smallest absolute Gasteiger partial charge is 0.277 e. The molecular formula is C8H7F3N2O2. The van der Waals surface area contributed by atoms with Gasteiger partial charge in [0.25, 0.3) is 5.91 Å². The average Bonchev–Trinajstić information content (AvgIpc) is 2.17. The third-order valence-electron chi connectivity index (χ3n) is 1.51. The van der Waals surface area contributed by atoms with Gasteiger partial charge in [0.05, 0.1) is 12.7 Å². The van der Waals surface area contributed by atoms with Crippen LogP contribution < -0.4 is 5.48 Å². The van der Waals surface area contributed by atoms with Gasteiger partial charge in [0.1, 0.15) is 5.69 Å². The molecule has 1 N–H and O–H groups in total. The van der Waals surface area contributed by atoms with E-state index in [4.69, 9.17) is 0 Å². The van der Waals surface area contributed by atoms with E-state index in [9.17, 15) is 18.0 Å². The average molecular weight is 220 g/mol. The molecule has 0 saturated carbocycles. The molecule has 1 amide bonds. The largest absolute Gasteiger partial charge is 0.433 e. The summed E-state index contributed by atoms with van der Waals surface area (Å²) in [5, 5.41) is 0. The number of halogens is 3. The summed E-state index contributed by atoms with van der Waals surface area (Å²) in [5.41, 5.74) is 0.905. The number of carbonyl (C=O) groups is 1. The maximum absolute atomic E-state index is 12.1. The predicted molar refractivity (Wildman–Crippen MR) is 43.7 cm³/mol. The summed E-state index contributed by atoms with van der Waals surface area (Å²) in [4.78, 5) is 18.5. The molecule has 1 aromatic heterocycles. The van der Waals surface area contributed by atoms with Gasteiger partial charge in [-0.15, -0.1) is 0 Å². The molecule has 15 heavy (non-hydrogen) atoms. The summed E-state index contributed by atoms with van der Waals surface area (Å²) >= 11 is 0. The van der Waals surface area contributed by atoms with E-state index in [-0.39, 0.29) is 5.56 Å². The van der Waals surface area contributed by atoms with Gasteiger partial charge >= 0.3 is 6.18 Å². The van der Waals surface area contributed by atoms with Crippen molar-refractivity contribution in [2.45, 2.75) is 6.18 Å². The number of alkyl halides is 3. The Morgan fingerprint density at radius 2 is 2.13 bits per heavy atom. The number of nitrogens with zero attached hydrogens (tertiary/aromatic N) is 1. The standard InChI is InChI=1S/C8H7F3N2O2/c1-15-13-7(14)5-2-3-6(12-4-5)8(9,10)11/h2-4H,1H3,(H,13,14). The van der Waals surface area contributed by atoms with Crippen molar-refractivity contribution in [3.63, 3.8) is 0 Å². The third-order valence-corrected chi connectivity index (χ3v) is 1.51. The van der Waals surface area contributed by atoms with Crippen molar-refractivity contribution in [3.8, 4) is 0 Å². The van der Waals surface area contributed by atoms with Crippen LogP contribution in [-0.2, 0) is 11.0 Å². The fraction of sp³-hybridized carbons (Fsp3) is 0.250. The Morgan fingerprint density at radius 1 is 1.47 bits per heavy atom. The molecule has 0 aliphatic carbocycles. The zero-order valence-electron chi connectivity index (χ0n) is 7.63. The number of rotatable bonds is 2. The summed E-state index contributed by atoms with van der Waals surface area (Å²) < 4.78 is 36.2. The predicted octanol–water partition coefficient (Wildman–Crippen LogP) is 1.39. The first-order valence-electron chi connectivity index (χ1n) is 3.81. The zero-order chi connectivity index (χ0) is 11.5. The molecule has 1 heterocycles. The van der Waals surface area contributed by atoms with Crippen LogP contribution in [0.25, 0.3) is 0 Å². The van der Waals surface area contributed by atoms with E-state index >= 15 is 0 Å². The highest BCUT2D eigenvalue weighted by Gasteiger charge is 2.32. The van der Waals surface area contributed by atoms with E-state index in [0.29, 0.717) is 0 Å². The van der Waals surface area contributed by atoms with Gasteiger partial charge in [-0.2, -0.15) is 13.2 Å². The fourth-order valence-electron chi connectivity index (χ4n) is 0.847. The van der Waals surface area contributed by atoms with Gasteiger partial charge < -0.3 is 0 Å². The lowest BCUT2D eigenvalue weighted by atomic mass is 10.2. The van der Waals surface area contributed by atoms with Crippen LogP contribution in [0.15, 0.2) is 18.3 Å². The molecule has 0 atom stereocenters. The lowest BCUT2D eigenvalue weighted by molar-refractivity contribution is -0.141. The Bertz CT molecular complexity index is 348. The summed E-state index contributed by atoms with van der Waals surface area (Å²) in [7, 11) is 1.22. The van der Waals surface area contributed by atoms with Gasteiger partial charge in [0.2, 0.25) is 0 Å². The summed E-state index contributed by atoms with van der Waals surface area (Å²) in [5.74, 6) is -0.654. The zero-order valence-corrected chi connectivity index (χ0v) is 7.63. The number of aromatic nitrogens is 1. The molecule has 0 unspecified atom stereocenters. The number of hydroxylamine groups is 1. The maximum Gasteiger partial charge on any atom is 0.433 e. The minimum Gasteiger partial charge on any atom is -0.277 e. The Balaban J connectivity index is 2.86. The quantitative estimate of drug-likeness (QED) is 0.766.